The highest BCUT2D eigenvalue weighted by Gasteiger charge is 2.89. The Kier molecular flexibility index (Phi) is 4.93. The normalized spacial score (nSPS) is 50.3. The van der Waals surface area contributed by atoms with Crippen LogP contribution in [0.15, 0.2) is 22.3 Å². The maximum atomic E-state index is 14.5. The van der Waals surface area contributed by atoms with E-state index in [2.05, 4.69) is 125 Å². The number of fused-ring (bicyclic) bond motifs is 4. The molecule has 1 heteroatoms. The highest BCUT2D eigenvalue weighted by Crippen LogP contribution is 2.93. The maximum absolute atomic E-state index is 14.5. The second-order valence-electron chi connectivity index (χ2n) is 16.9. The summed E-state index contributed by atoms with van der Waals surface area (Å²) in [6, 6.07) is 0. The molecule has 6 atom stereocenters. The number of allylic oxidation sites excluding steroid dienone is 4. The largest absolute Gasteiger partial charge is 0.300 e. The van der Waals surface area contributed by atoms with Gasteiger partial charge in [0.25, 0.3) is 0 Å². The zero-order valence-electron chi connectivity index (χ0n) is 27.5. The first kappa shape index (κ1) is 28.2. The zero-order valence-corrected chi connectivity index (χ0v) is 27.5. The second kappa shape index (κ2) is 6.31. The summed E-state index contributed by atoms with van der Waals surface area (Å²) in [5, 5.41) is 0. The van der Waals surface area contributed by atoms with Crippen molar-refractivity contribution in [1.82, 2.24) is 0 Å². The van der Waals surface area contributed by atoms with Crippen LogP contribution in [0.25, 0.3) is 0 Å². The predicted molar refractivity (Wildman–Crippen MR) is 155 cm³/mol. The fraction of sp³-hybridized carbons (Fsp3) is 0.857. The molecule has 204 valence electrons. The van der Waals surface area contributed by atoms with Crippen LogP contribution < -0.4 is 0 Å². The van der Waals surface area contributed by atoms with E-state index in [0.717, 1.165) is 0 Å². The van der Waals surface area contributed by atoms with Crippen LogP contribution in [0.2, 0.25) is 0 Å². The molecule has 2 fully saturated rings. The summed E-state index contributed by atoms with van der Waals surface area (Å²) in [5.74, 6) is 0.316. The summed E-state index contributed by atoms with van der Waals surface area (Å²) < 4.78 is 0. The van der Waals surface area contributed by atoms with Crippen LogP contribution in [0.5, 0.6) is 0 Å². The van der Waals surface area contributed by atoms with E-state index in [1.807, 2.05) is 6.92 Å². The lowest BCUT2D eigenvalue weighted by atomic mass is 9.35. The molecule has 0 aromatic carbocycles. The predicted octanol–water partition coefficient (Wildman–Crippen LogP) is 10.1. The Bertz CT molecular complexity index is 1070. The molecule has 6 unspecified atom stereocenters. The van der Waals surface area contributed by atoms with Crippen LogP contribution in [0.4, 0.5) is 0 Å². The number of hydrogen-bond donors (Lipinski definition) is 0. The van der Waals surface area contributed by atoms with E-state index in [1.165, 1.54) is 11.1 Å². The summed E-state index contributed by atoms with van der Waals surface area (Å²) in [6.45, 7) is 46.8. The van der Waals surface area contributed by atoms with Crippen molar-refractivity contribution in [3.63, 3.8) is 0 Å². The van der Waals surface area contributed by atoms with Gasteiger partial charge in [0.05, 0.1) is 0 Å². The first-order valence-corrected chi connectivity index (χ1v) is 14.6. The molecule has 4 bridgehead atoms. The molecule has 4 aliphatic rings. The van der Waals surface area contributed by atoms with Gasteiger partial charge in [-0.15, -0.1) is 0 Å². The van der Waals surface area contributed by atoms with E-state index in [0.29, 0.717) is 5.78 Å². The van der Waals surface area contributed by atoms with Crippen molar-refractivity contribution < 1.29 is 4.79 Å². The van der Waals surface area contributed by atoms with Gasteiger partial charge >= 0.3 is 0 Å². The SMILES string of the molecule is CC(=O)C(C1(C)C(C)(C)C2(C)C(C)=C(C)C1(C)C2(C)C)C1(C)C(C)(C)C2(C)C(C)=C(C)C1(C)C2(C)C. The molecule has 0 radical (unpaired) electrons. The summed E-state index contributed by atoms with van der Waals surface area (Å²) in [7, 11) is 0. The Morgan fingerprint density at radius 1 is 0.444 bits per heavy atom. The Labute approximate surface area is 224 Å². The average Bonchev–Trinajstić information content (AvgIpc) is 2.99. The molecular weight excluding hydrogens is 436 g/mol. The molecule has 0 aromatic rings. The molecule has 0 spiro atoms. The second-order valence-corrected chi connectivity index (χ2v) is 16.9. The van der Waals surface area contributed by atoms with Gasteiger partial charge in [-0.3, -0.25) is 4.79 Å². The monoisotopic (exact) mass is 494 g/mol. The summed E-state index contributed by atoms with van der Waals surface area (Å²) in [6.07, 6.45) is 0. The van der Waals surface area contributed by atoms with Gasteiger partial charge in [0, 0.05) is 27.6 Å². The summed E-state index contributed by atoms with van der Waals surface area (Å²) in [4.78, 5) is 14.5. The summed E-state index contributed by atoms with van der Waals surface area (Å²) >= 11 is 0. The number of hydrogen-bond acceptors (Lipinski definition) is 1. The molecule has 36 heavy (non-hydrogen) atoms. The standard InChI is InChI=1S/C35H58O/c1-20-22(3)32(16)26(6,7)30(20,14)28(10,11)34(32,18)25(24(5)36)35(19)29(12,13)31(15)21(2)23(4)33(35,17)27(31,8)9/h25H,1-19H3. The molecule has 0 saturated heterocycles. The van der Waals surface area contributed by atoms with Crippen LogP contribution in [-0.2, 0) is 4.79 Å². The fourth-order valence-corrected chi connectivity index (χ4v) is 13.9. The molecule has 0 aliphatic heterocycles. The first-order chi connectivity index (χ1) is 15.7. The summed E-state index contributed by atoms with van der Waals surface area (Å²) in [5.41, 5.74) is 5.56. The third-order valence-electron chi connectivity index (χ3n) is 17.9. The van der Waals surface area contributed by atoms with Crippen molar-refractivity contribution in [2.24, 2.45) is 60.1 Å². The molecule has 1 nitrogen and oxygen atoms in total. The van der Waals surface area contributed by atoms with Crippen molar-refractivity contribution >= 4 is 5.78 Å². The lowest BCUT2D eigenvalue weighted by molar-refractivity contribution is -0.182. The molecule has 0 N–H and O–H groups in total. The van der Waals surface area contributed by atoms with Gasteiger partial charge in [-0.1, -0.05) is 119 Å². The third-order valence-corrected chi connectivity index (χ3v) is 17.9. The third kappa shape index (κ3) is 1.82. The van der Waals surface area contributed by atoms with Crippen molar-refractivity contribution in [2.45, 2.75) is 132 Å². The van der Waals surface area contributed by atoms with Crippen molar-refractivity contribution in [3.8, 4) is 0 Å². The Morgan fingerprint density at radius 2 is 0.667 bits per heavy atom. The van der Waals surface area contributed by atoms with Crippen LogP contribution in [0, 0.1) is 60.1 Å². The van der Waals surface area contributed by atoms with E-state index in [4.69, 9.17) is 0 Å². The number of carbonyl (C=O) groups excluding carboxylic acids is 1. The molecule has 0 heterocycles. The number of carbonyl (C=O) groups is 1. The van der Waals surface area contributed by atoms with E-state index in [1.54, 1.807) is 11.1 Å². The van der Waals surface area contributed by atoms with Crippen molar-refractivity contribution in [3.05, 3.63) is 22.3 Å². The molecule has 0 aromatic heterocycles. The molecule has 4 rings (SSSR count). The van der Waals surface area contributed by atoms with E-state index in [-0.39, 0.29) is 60.1 Å². The zero-order chi connectivity index (χ0) is 28.5. The maximum Gasteiger partial charge on any atom is 0.134 e. The van der Waals surface area contributed by atoms with Crippen LogP contribution >= 0.6 is 0 Å². The topological polar surface area (TPSA) is 17.1 Å². The van der Waals surface area contributed by atoms with Gasteiger partial charge < -0.3 is 0 Å². The minimum Gasteiger partial charge on any atom is -0.300 e. The molecular formula is C35H58O. The highest BCUT2D eigenvalue weighted by molar-refractivity contribution is 5.82. The first-order valence-electron chi connectivity index (χ1n) is 14.6. The van der Waals surface area contributed by atoms with Gasteiger partial charge in [-0.25, -0.2) is 0 Å². The Balaban J connectivity index is 2.21. The van der Waals surface area contributed by atoms with E-state index < -0.39 is 0 Å². The lowest BCUT2D eigenvalue weighted by Gasteiger charge is -2.68. The van der Waals surface area contributed by atoms with Gasteiger partial charge in [-0.05, 0) is 67.1 Å². The molecule has 0 amide bonds. The quantitative estimate of drug-likeness (QED) is 0.357. The van der Waals surface area contributed by atoms with Crippen LogP contribution in [0.3, 0.4) is 0 Å². The number of ketones is 1. The van der Waals surface area contributed by atoms with Crippen LogP contribution in [0.1, 0.15) is 132 Å². The molecule has 2 saturated carbocycles. The van der Waals surface area contributed by atoms with Gasteiger partial charge in [0.2, 0.25) is 0 Å². The minimum absolute atomic E-state index is 0.0144. The smallest absolute Gasteiger partial charge is 0.134 e. The Morgan fingerprint density at radius 3 is 0.861 bits per heavy atom. The number of rotatable bonds is 3. The highest BCUT2D eigenvalue weighted by atomic mass is 16.1. The average molecular weight is 495 g/mol. The fourth-order valence-electron chi connectivity index (χ4n) is 13.9. The van der Waals surface area contributed by atoms with Gasteiger partial charge in [0.1, 0.15) is 5.78 Å². The van der Waals surface area contributed by atoms with Crippen molar-refractivity contribution in [1.29, 1.82) is 0 Å². The van der Waals surface area contributed by atoms with Crippen LogP contribution in [-0.4, -0.2) is 5.78 Å². The van der Waals surface area contributed by atoms with Crippen molar-refractivity contribution in [2.75, 3.05) is 0 Å². The Hall–Kier alpha value is -0.850. The van der Waals surface area contributed by atoms with E-state index in [9.17, 15) is 4.79 Å². The number of Topliss-reactive ketones (excluding diaryl/α,β-unsaturated/α-hetero) is 1. The van der Waals surface area contributed by atoms with Gasteiger partial charge in [0.15, 0.2) is 0 Å². The van der Waals surface area contributed by atoms with E-state index >= 15 is 0 Å². The lowest BCUT2D eigenvalue weighted by Crippen LogP contribution is -2.65. The minimum atomic E-state index is -0.214. The molecule has 4 aliphatic carbocycles. The van der Waals surface area contributed by atoms with Gasteiger partial charge in [-0.2, -0.15) is 0 Å².